The van der Waals surface area contributed by atoms with Crippen LogP contribution in [0.15, 0.2) is 98.2 Å². The van der Waals surface area contributed by atoms with E-state index in [4.69, 9.17) is 9.47 Å². The number of ether oxygens (including phenoxy) is 2. The van der Waals surface area contributed by atoms with Gasteiger partial charge in [0.15, 0.2) is 6.29 Å². The molecule has 0 spiro atoms. The minimum atomic E-state index is -0.211. The Morgan fingerprint density at radius 2 is 1.27 bits per heavy atom. The van der Waals surface area contributed by atoms with E-state index < -0.39 is 0 Å². The highest BCUT2D eigenvalue weighted by Gasteiger charge is 2.06. The van der Waals surface area contributed by atoms with Gasteiger partial charge in [-0.15, -0.1) is 0 Å². The van der Waals surface area contributed by atoms with Crippen LogP contribution in [-0.2, 0) is 9.47 Å². The fourth-order valence-corrected chi connectivity index (χ4v) is 2.08. The van der Waals surface area contributed by atoms with Gasteiger partial charge >= 0.3 is 0 Å². The van der Waals surface area contributed by atoms with Gasteiger partial charge in [0.25, 0.3) is 0 Å². The number of rotatable bonds is 16. The van der Waals surface area contributed by atoms with Gasteiger partial charge in [-0.05, 0) is 30.4 Å². The summed E-state index contributed by atoms with van der Waals surface area (Å²) in [5, 5.41) is 0. The third-order valence-electron chi connectivity index (χ3n) is 3.56. The molecule has 0 atom stereocenters. The molecule has 0 N–H and O–H groups in total. The number of hydrogen-bond acceptors (Lipinski definition) is 2. The van der Waals surface area contributed by atoms with Gasteiger partial charge in [-0.3, -0.25) is 0 Å². The Balaban J connectivity index is 4.49. The van der Waals surface area contributed by atoms with Crippen molar-refractivity contribution in [3.8, 4) is 0 Å². The first-order valence-electron chi connectivity index (χ1n) is 9.13. The molecule has 0 fully saturated rings. The summed E-state index contributed by atoms with van der Waals surface area (Å²) in [6, 6.07) is 0. The van der Waals surface area contributed by atoms with Crippen molar-refractivity contribution in [2.45, 2.75) is 38.9 Å². The summed E-state index contributed by atoms with van der Waals surface area (Å²) in [6.45, 7) is 18.1. The van der Waals surface area contributed by atoms with Crippen LogP contribution in [-0.4, -0.2) is 19.5 Å². The summed E-state index contributed by atoms with van der Waals surface area (Å²) >= 11 is 0. The summed E-state index contributed by atoms with van der Waals surface area (Å²) in [5.74, 6) is 0. The normalized spacial score (nSPS) is 13.9. The van der Waals surface area contributed by atoms with Crippen molar-refractivity contribution in [1.82, 2.24) is 0 Å². The Hall–Kier alpha value is -2.16. The maximum atomic E-state index is 5.86. The zero-order chi connectivity index (χ0) is 19.5. The fourth-order valence-electron chi connectivity index (χ4n) is 2.08. The lowest BCUT2D eigenvalue weighted by molar-refractivity contribution is -0.130. The molecular weight excluding hydrogens is 320 g/mol. The Bertz CT molecular complexity index is 486. The smallest absolute Gasteiger partial charge is 0.158 e. The first-order valence-corrected chi connectivity index (χ1v) is 9.13. The van der Waals surface area contributed by atoms with Crippen molar-refractivity contribution >= 4 is 0 Å². The fraction of sp³-hybridized carbons (Fsp3) is 0.333. The molecule has 0 aliphatic rings. The maximum absolute atomic E-state index is 5.86. The Morgan fingerprint density at radius 3 is 1.62 bits per heavy atom. The van der Waals surface area contributed by atoms with Gasteiger partial charge in [-0.2, -0.15) is 0 Å². The number of allylic oxidation sites excluding steroid dienone is 10. The molecule has 26 heavy (non-hydrogen) atoms. The van der Waals surface area contributed by atoms with Crippen LogP contribution in [0.2, 0.25) is 0 Å². The quantitative estimate of drug-likeness (QED) is 0.229. The van der Waals surface area contributed by atoms with Crippen LogP contribution in [0.4, 0.5) is 0 Å². The Morgan fingerprint density at radius 1 is 0.808 bits per heavy atom. The second-order valence-electron chi connectivity index (χ2n) is 5.59. The lowest BCUT2D eigenvalue weighted by atomic mass is 10.1. The molecule has 0 heterocycles. The third kappa shape index (κ3) is 13.2. The maximum Gasteiger partial charge on any atom is 0.158 e. The van der Waals surface area contributed by atoms with Crippen LogP contribution in [0.1, 0.15) is 32.6 Å². The highest BCUT2D eigenvalue weighted by Crippen LogP contribution is 2.09. The van der Waals surface area contributed by atoms with E-state index >= 15 is 0 Å². The van der Waals surface area contributed by atoms with E-state index in [2.05, 4.69) is 33.2 Å². The first kappa shape index (κ1) is 23.8. The molecule has 0 saturated heterocycles. The third-order valence-corrected chi connectivity index (χ3v) is 3.56. The van der Waals surface area contributed by atoms with Crippen molar-refractivity contribution in [2.75, 3.05) is 13.2 Å². The lowest BCUT2D eigenvalue weighted by Crippen LogP contribution is -2.17. The SMILES string of the molecule is C=CC=CCC(C=C)=CCOC(CCC)OCC=C(C=C)CC=CC=C. The van der Waals surface area contributed by atoms with Crippen LogP contribution in [0.5, 0.6) is 0 Å². The highest BCUT2D eigenvalue weighted by atomic mass is 16.7. The van der Waals surface area contributed by atoms with E-state index in [0.717, 1.165) is 36.8 Å². The summed E-state index contributed by atoms with van der Waals surface area (Å²) in [4.78, 5) is 0. The molecular formula is C24H34O2. The summed E-state index contributed by atoms with van der Waals surface area (Å²) in [6.07, 6.45) is 22.5. The predicted octanol–water partition coefficient (Wildman–Crippen LogP) is 6.64. The molecule has 0 aromatic carbocycles. The van der Waals surface area contributed by atoms with Gasteiger partial charge in [-0.25, -0.2) is 0 Å². The van der Waals surface area contributed by atoms with Gasteiger partial charge in [0, 0.05) is 0 Å². The average molecular weight is 355 g/mol. The van der Waals surface area contributed by atoms with E-state index in [-0.39, 0.29) is 6.29 Å². The minimum Gasteiger partial charge on any atom is -0.349 e. The molecule has 142 valence electrons. The topological polar surface area (TPSA) is 18.5 Å². The van der Waals surface area contributed by atoms with E-state index in [1.807, 2.05) is 48.6 Å². The second-order valence-corrected chi connectivity index (χ2v) is 5.59. The largest absolute Gasteiger partial charge is 0.349 e. The highest BCUT2D eigenvalue weighted by molar-refractivity contribution is 5.21. The molecule has 0 saturated carbocycles. The zero-order valence-electron chi connectivity index (χ0n) is 16.2. The monoisotopic (exact) mass is 354 g/mol. The molecule has 0 amide bonds. The van der Waals surface area contributed by atoms with Crippen molar-refractivity contribution in [3.63, 3.8) is 0 Å². The standard InChI is InChI=1S/C24H34O2/c1-6-11-13-16-22(9-4)18-20-25-24(15-8-3)26-21-19-23(10-5)17-14-12-7-2/h6-7,9-14,18-19,24H,1-2,4-5,8,15-17,20-21H2,3H3. The van der Waals surface area contributed by atoms with Crippen LogP contribution >= 0.6 is 0 Å². The molecule has 0 aromatic rings. The van der Waals surface area contributed by atoms with Crippen LogP contribution in [0, 0.1) is 0 Å². The first-order chi connectivity index (χ1) is 12.7. The molecule has 0 bridgehead atoms. The molecule has 2 heteroatoms. The van der Waals surface area contributed by atoms with Gasteiger partial charge < -0.3 is 9.47 Å². The van der Waals surface area contributed by atoms with Crippen LogP contribution in [0.3, 0.4) is 0 Å². The van der Waals surface area contributed by atoms with Gasteiger partial charge in [-0.1, -0.05) is 100 Å². The molecule has 0 aliphatic heterocycles. The van der Waals surface area contributed by atoms with E-state index in [1.54, 1.807) is 12.2 Å². The van der Waals surface area contributed by atoms with Crippen molar-refractivity contribution in [3.05, 3.63) is 98.2 Å². The Labute approximate surface area is 160 Å². The molecule has 0 aromatic heterocycles. The molecule has 2 nitrogen and oxygen atoms in total. The van der Waals surface area contributed by atoms with Gasteiger partial charge in [0.05, 0.1) is 13.2 Å². The van der Waals surface area contributed by atoms with Crippen molar-refractivity contribution in [2.24, 2.45) is 0 Å². The van der Waals surface area contributed by atoms with E-state index in [1.165, 1.54) is 0 Å². The second kappa shape index (κ2) is 17.7. The van der Waals surface area contributed by atoms with Crippen LogP contribution < -0.4 is 0 Å². The summed E-state index contributed by atoms with van der Waals surface area (Å²) in [7, 11) is 0. The Kier molecular flexibility index (Phi) is 16.2. The molecule has 0 rings (SSSR count). The van der Waals surface area contributed by atoms with Crippen molar-refractivity contribution < 1.29 is 9.47 Å². The summed E-state index contributed by atoms with van der Waals surface area (Å²) < 4.78 is 11.7. The zero-order valence-corrected chi connectivity index (χ0v) is 16.2. The minimum absolute atomic E-state index is 0.211. The average Bonchev–Trinajstić information content (AvgIpc) is 2.65. The number of hydrogen-bond donors (Lipinski definition) is 0. The van der Waals surface area contributed by atoms with Crippen LogP contribution in [0.25, 0.3) is 0 Å². The van der Waals surface area contributed by atoms with Gasteiger partial charge in [0.2, 0.25) is 0 Å². The molecule has 0 aliphatic carbocycles. The lowest BCUT2D eigenvalue weighted by Gasteiger charge is -2.16. The molecule has 0 radical (unpaired) electrons. The van der Waals surface area contributed by atoms with E-state index in [9.17, 15) is 0 Å². The van der Waals surface area contributed by atoms with Crippen molar-refractivity contribution in [1.29, 1.82) is 0 Å². The van der Waals surface area contributed by atoms with E-state index in [0.29, 0.717) is 13.2 Å². The predicted molar refractivity (Wildman–Crippen MR) is 115 cm³/mol. The molecule has 0 unspecified atom stereocenters. The van der Waals surface area contributed by atoms with Gasteiger partial charge in [0.1, 0.15) is 0 Å². The summed E-state index contributed by atoms with van der Waals surface area (Å²) in [5.41, 5.74) is 2.25.